The molecule has 0 spiro atoms. The fraction of sp³-hybridized carbons (Fsp3) is 0.308. The lowest BCUT2D eigenvalue weighted by atomic mass is 9.94. The lowest BCUT2D eigenvalue weighted by Gasteiger charge is -2.30. The Morgan fingerprint density at radius 1 is 1.03 bits per heavy atom. The summed E-state index contributed by atoms with van der Waals surface area (Å²) < 4.78 is 81.9. The molecule has 0 radical (unpaired) electrons. The Morgan fingerprint density at radius 3 is 2.34 bits per heavy atom. The van der Waals surface area contributed by atoms with Crippen LogP contribution < -0.4 is 15.0 Å². The van der Waals surface area contributed by atoms with Crippen LogP contribution in [-0.2, 0) is 16.5 Å². The minimum atomic E-state index is -4.87. The van der Waals surface area contributed by atoms with Crippen molar-refractivity contribution in [2.24, 2.45) is 0 Å². The van der Waals surface area contributed by atoms with Crippen molar-refractivity contribution in [3.8, 4) is 16.9 Å². The Labute approximate surface area is 222 Å². The van der Waals surface area contributed by atoms with Gasteiger partial charge in [-0.15, -0.1) is 13.2 Å². The van der Waals surface area contributed by atoms with Gasteiger partial charge in [0.1, 0.15) is 11.4 Å². The molecule has 4 rings (SSSR count). The quantitative estimate of drug-likeness (QED) is 0.292. The molecular formula is C26H22BrF6N3O2. The summed E-state index contributed by atoms with van der Waals surface area (Å²) >= 11 is 3.53. The van der Waals surface area contributed by atoms with Crippen molar-refractivity contribution in [1.82, 2.24) is 4.98 Å². The van der Waals surface area contributed by atoms with E-state index in [9.17, 15) is 31.1 Å². The zero-order valence-electron chi connectivity index (χ0n) is 20.2. The molecule has 1 aliphatic heterocycles. The predicted octanol–water partition coefficient (Wildman–Crippen LogP) is 7.90. The van der Waals surface area contributed by atoms with Gasteiger partial charge in [0.15, 0.2) is 0 Å². The number of nitrogens with zero attached hydrogens (tertiary/aromatic N) is 2. The van der Waals surface area contributed by atoms with Crippen molar-refractivity contribution < 1.29 is 35.9 Å². The molecule has 0 unspecified atom stereocenters. The summed E-state index contributed by atoms with van der Waals surface area (Å²) in [5.74, 6) is -0.500. The molecule has 1 aliphatic rings. The summed E-state index contributed by atoms with van der Waals surface area (Å²) in [5, 5.41) is 3.29. The van der Waals surface area contributed by atoms with Crippen LogP contribution in [0.5, 0.6) is 5.75 Å². The number of anilines is 2. The van der Waals surface area contributed by atoms with E-state index in [1.807, 2.05) is 0 Å². The van der Waals surface area contributed by atoms with E-state index in [0.717, 1.165) is 12.3 Å². The number of halogens is 7. The maximum atomic E-state index is 13.0. The first-order valence-corrected chi connectivity index (χ1v) is 12.3. The van der Waals surface area contributed by atoms with E-state index in [1.165, 1.54) is 24.3 Å². The van der Waals surface area contributed by atoms with Crippen LogP contribution in [0, 0.1) is 0 Å². The van der Waals surface area contributed by atoms with Gasteiger partial charge < -0.3 is 15.0 Å². The average molecular weight is 602 g/mol. The van der Waals surface area contributed by atoms with Gasteiger partial charge in [-0.25, -0.2) is 0 Å². The summed E-state index contributed by atoms with van der Waals surface area (Å²) in [4.78, 5) is 17.6. The minimum Gasteiger partial charge on any atom is -0.406 e. The van der Waals surface area contributed by atoms with Crippen molar-refractivity contribution in [1.29, 1.82) is 0 Å². The number of hydrogen-bond donors (Lipinski definition) is 1. The van der Waals surface area contributed by atoms with Gasteiger partial charge in [0.2, 0.25) is 5.91 Å². The van der Waals surface area contributed by atoms with Crippen molar-refractivity contribution >= 4 is 33.2 Å². The highest BCUT2D eigenvalue weighted by Gasteiger charge is 2.34. The number of carbonyl (C=O) groups is 1. The van der Waals surface area contributed by atoms with Crippen LogP contribution in [0.1, 0.15) is 37.9 Å². The molecule has 3 aromatic rings. The number of pyridine rings is 1. The first-order chi connectivity index (χ1) is 17.6. The molecule has 2 heterocycles. The summed E-state index contributed by atoms with van der Waals surface area (Å²) in [7, 11) is 0. The van der Waals surface area contributed by atoms with Crippen LogP contribution in [0.15, 0.2) is 59.2 Å². The maximum Gasteiger partial charge on any atom is 0.573 e. The van der Waals surface area contributed by atoms with Gasteiger partial charge in [-0.3, -0.25) is 9.78 Å². The number of ether oxygens (including phenoxy) is 1. The lowest BCUT2D eigenvalue weighted by Crippen LogP contribution is -2.29. The van der Waals surface area contributed by atoms with Crippen LogP contribution in [0.2, 0.25) is 0 Å². The number of amides is 1. The fourth-order valence-electron chi connectivity index (χ4n) is 4.19. The molecule has 202 valence electrons. The number of carbonyl (C=O) groups excluding carboxylic acids is 1. The third kappa shape index (κ3) is 6.23. The molecule has 38 heavy (non-hydrogen) atoms. The molecule has 0 saturated carbocycles. The van der Waals surface area contributed by atoms with Gasteiger partial charge in [-0.2, -0.15) is 13.2 Å². The highest BCUT2D eigenvalue weighted by atomic mass is 79.9. The minimum absolute atomic E-state index is 0.0930. The Hall–Kier alpha value is -3.28. The van der Waals surface area contributed by atoms with Crippen molar-refractivity contribution in [2.45, 2.75) is 44.8 Å². The largest absolute Gasteiger partial charge is 0.573 e. The van der Waals surface area contributed by atoms with Crippen LogP contribution >= 0.6 is 15.9 Å². The molecule has 1 saturated heterocycles. The average Bonchev–Trinajstić information content (AvgIpc) is 3.24. The molecule has 1 N–H and O–H groups in total. The number of rotatable bonds is 6. The van der Waals surface area contributed by atoms with E-state index in [2.05, 4.69) is 31.0 Å². The third-order valence-electron chi connectivity index (χ3n) is 6.04. The molecule has 12 heteroatoms. The SMILES string of the molecule is CC(C)(Nc1cc(N2CCCC2=O)cc(-c2cccc(OC(F)(F)F)c2)c1Br)c1ccc(C(F)(F)F)nc1. The molecule has 0 atom stereocenters. The van der Waals surface area contributed by atoms with Gasteiger partial charge in [-0.1, -0.05) is 18.2 Å². The summed E-state index contributed by atoms with van der Waals surface area (Å²) in [6.07, 6.45) is -7.28. The van der Waals surface area contributed by atoms with E-state index < -0.39 is 29.5 Å². The highest BCUT2D eigenvalue weighted by Crippen LogP contribution is 2.42. The molecule has 2 aromatic carbocycles. The number of aromatic nitrogens is 1. The van der Waals surface area contributed by atoms with E-state index >= 15 is 0 Å². The van der Waals surface area contributed by atoms with Gasteiger partial charge in [0.25, 0.3) is 0 Å². The Kier molecular flexibility index (Phi) is 7.39. The summed E-state index contributed by atoms with van der Waals surface area (Å²) in [6, 6.07) is 11.1. The fourth-order valence-corrected chi connectivity index (χ4v) is 4.75. The molecular weight excluding hydrogens is 580 g/mol. The molecule has 1 amide bonds. The standard InChI is InChI=1S/C26H22BrF6N3O2/c1-24(2,16-8-9-21(34-14-16)25(28,29)30)35-20-13-17(36-10-4-7-22(36)37)12-19(23(20)27)15-5-3-6-18(11-15)38-26(31,32)33/h3,5-6,8-9,11-14,35H,4,7,10H2,1-2H3. The van der Waals surface area contributed by atoms with Gasteiger partial charge in [0, 0.05) is 34.9 Å². The van der Waals surface area contributed by atoms with Crippen LogP contribution in [-0.4, -0.2) is 23.8 Å². The number of benzene rings is 2. The molecule has 0 bridgehead atoms. The van der Waals surface area contributed by atoms with Crippen LogP contribution in [0.3, 0.4) is 0 Å². The normalized spacial score (nSPS) is 14.7. The monoisotopic (exact) mass is 601 g/mol. The second-order valence-corrected chi connectivity index (χ2v) is 10.1. The van der Waals surface area contributed by atoms with Crippen molar-refractivity contribution in [2.75, 3.05) is 16.8 Å². The number of hydrogen-bond acceptors (Lipinski definition) is 4. The summed E-state index contributed by atoms with van der Waals surface area (Å²) in [6.45, 7) is 3.96. The van der Waals surface area contributed by atoms with E-state index in [4.69, 9.17) is 0 Å². The Morgan fingerprint density at radius 2 is 1.76 bits per heavy atom. The second-order valence-electron chi connectivity index (χ2n) is 9.26. The molecule has 0 aliphatic carbocycles. The van der Waals surface area contributed by atoms with Crippen LogP contribution in [0.25, 0.3) is 11.1 Å². The van der Waals surface area contributed by atoms with Crippen molar-refractivity contribution in [3.63, 3.8) is 0 Å². The second kappa shape index (κ2) is 10.1. The number of alkyl halides is 6. The Bertz CT molecular complexity index is 1340. The van der Waals surface area contributed by atoms with E-state index in [-0.39, 0.29) is 5.91 Å². The molecule has 1 fully saturated rings. The molecule has 5 nitrogen and oxygen atoms in total. The lowest BCUT2D eigenvalue weighted by molar-refractivity contribution is -0.274. The van der Waals surface area contributed by atoms with E-state index in [0.29, 0.717) is 51.9 Å². The van der Waals surface area contributed by atoms with Crippen LogP contribution in [0.4, 0.5) is 37.7 Å². The van der Waals surface area contributed by atoms with Crippen molar-refractivity contribution in [3.05, 3.63) is 70.5 Å². The van der Waals surface area contributed by atoms with Gasteiger partial charge in [-0.05, 0) is 77.7 Å². The van der Waals surface area contributed by atoms with E-state index in [1.54, 1.807) is 36.9 Å². The predicted molar refractivity (Wildman–Crippen MR) is 134 cm³/mol. The van der Waals surface area contributed by atoms with Gasteiger partial charge in [0.05, 0.1) is 11.2 Å². The Balaban J connectivity index is 1.77. The summed E-state index contributed by atoms with van der Waals surface area (Å²) in [5.41, 5.74) is 0.396. The third-order valence-corrected chi connectivity index (χ3v) is 6.90. The zero-order valence-corrected chi connectivity index (χ0v) is 21.8. The maximum absolute atomic E-state index is 13.0. The first kappa shape index (κ1) is 27.7. The zero-order chi connectivity index (χ0) is 27.9. The topological polar surface area (TPSA) is 54.5 Å². The number of nitrogens with one attached hydrogen (secondary N) is 1. The van der Waals surface area contributed by atoms with Gasteiger partial charge >= 0.3 is 12.5 Å². The highest BCUT2D eigenvalue weighted by molar-refractivity contribution is 9.10. The first-order valence-electron chi connectivity index (χ1n) is 11.5. The smallest absolute Gasteiger partial charge is 0.406 e. The molecule has 1 aromatic heterocycles.